The van der Waals surface area contributed by atoms with Crippen LogP contribution in [0.3, 0.4) is 0 Å². The molecule has 0 aliphatic rings. The summed E-state index contributed by atoms with van der Waals surface area (Å²) < 4.78 is 4.86. The number of carbonyl (C=O) groups excluding carboxylic acids is 1. The number of rotatable bonds is 6. The lowest BCUT2D eigenvalue weighted by Crippen LogP contribution is -1.98. The van der Waals surface area contributed by atoms with Crippen molar-refractivity contribution < 1.29 is 9.53 Å². The smallest absolute Gasteiger partial charge is 0.338 e. The number of benzene rings is 1. The fraction of sp³-hybridized carbons (Fsp3) is 0.375. The first-order chi connectivity index (χ1) is 8.77. The van der Waals surface area contributed by atoms with Crippen molar-refractivity contribution in [1.29, 1.82) is 0 Å². The zero-order valence-electron chi connectivity index (χ0n) is 11.1. The van der Waals surface area contributed by atoms with E-state index in [-0.39, 0.29) is 5.97 Å². The maximum atomic E-state index is 11.3. The molecule has 0 saturated carbocycles. The second-order valence-electron chi connectivity index (χ2n) is 3.99. The van der Waals surface area contributed by atoms with Crippen LogP contribution >= 0.6 is 0 Å². The molecule has 0 aliphatic heterocycles. The van der Waals surface area contributed by atoms with Gasteiger partial charge in [0.05, 0.1) is 12.7 Å². The highest BCUT2D eigenvalue weighted by molar-refractivity contribution is 5.83. The van der Waals surface area contributed by atoms with Gasteiger partial charge in [-0.15, -0.1) is 5.73 Å². The number of ether oxygens (including phenoxy) is 1. The molecule has 1 aromatic rings. The molecule has 0 N–H and O–H groups in total. The van der Waals surface area contributed by atoms with Gasteiger partial charge in [0.2, 0.25) is 0 Å². The maximum Gasteiger partial charge on any atom is 0.338 e. The van der Waals surface area contributed by atoms with E-state index in [4.69, 9.17) is 4.74 Å². The molecule has 0 spiro atoms. The van der Waals surface area contributed by atoms with Gasteiger partial charge in [0.1, 0.15) is 0 Å². The van der Waals surface area contributed by atoms with Crippen molar-refractivity contribution in [2.45, 2.75) is 33.1 Å². The average Bonchev–Trinajstić information content (AvgIpc) is 2.40. The van der Waals surface area contributed by atoms with Gasteiger partial charge in [-0.05, 0) is 25.3 Å². The topological polar surface area (TPSA) is 26.3 Å². The highest BCUT2D eigenvalue weighted by Crippen LogP contribution is 2.19. The summed E-state index contributed by atoms with van der Waals surface area (Å²) in [4.78, 5) is 11.3. The fourth-order valence-electron chi connectivity index (χ4n) is 1.62. The molecule has 0 saturated heterocycles. The van der Waals surface area contributed by atoms with Gasteiger partial charge < -0.3 is 4.74 Å². The van der Waals surface area contributed by atoms with Crippen molar-refractivity contribution in [2.75, 3.05) is 6.61 Å². The number of hydrogen-bond acceptors (Lipinski definition) is 2. The van der Waals surface area contributed by atoms with Crippen LogP contribution in [0.1, 0.15) is 38.7 Å². The monoisotopic (exact) mass is 244 g/mol. The second-order valence-corrected chi connectivity index (χ2v) is 3.99. The summed E-state index contributed by atoms with van der Waals surface area (Å²) in [6, 6.07) is 10.0. The lowest BCUT2D eigenvalue weighted by molar-refractivity contribution is -0.137. The third-order valence-corrected chi connectivity index (χ3v) is 2.55. The van der Waals surface area contributed by atoms with E-state index in [1.807, 2.05) is 30.3 Å². The minimum atomic E-state index is -0.331. The lowest BCUT2D eigenvalue weighted by atomic mass is 10.0. The zero-order chi connectivity index (χ0) is 13.2. The summed E-state index contributed by atoms with van der Waals surface area (Å²) in [5, 5.41) is 0. The lowest BCUT2D eigenvalue weighted by Gasteiger charge is -2.03. The van der Waals surface area contributed by atoms with Gasteiger partial charge in [-0.3, -0.25) is 0 Å². The second kappa shape index (κ2) is 8.32. The van der Waals surface area contributed by atoms with Crippen LogP contribution < -0.4 is 0 Å². The van der Waals surface area contributed by atoms with Gasteiger partial charge in [0, 0.05) is 5.57 Å². The molecule has 0 amide bonds. The van der Waals surface area contributed by atoms with Crippen molar-refractivity contribution >= 4 is 11.5 Å². The predicted molar refractivity (Wildman–Crippen MR) is 74.1 cm³/mol. The van der Waals surface area contributed by atoms with Crippen molar-refractivity contribution in [1.82, 2.24) is 0 Å². The van der Waals surface area contributed by atoms with Crippen molar-refractivity contribution in [3.63, 3.8) is 0 Å². The van der Waals surface area contributed by atoms with Crippen LogP contribution in [0.2, 0.25) is 0 Å². The normalized spacial score (nSPS) is 9.44. The summed E-state index contributed by atoms with van der Waals surface area (Å²) in [6.45, 7) is 4.34. The van der Waals surface area contributed by atoms with Crippen LogP contribution in [0.5, 0.6) is 0 Å². The summed E-state index contributed by atoms with van der Waals surface area (Å²) in [5.41, 5.74) is 5.25. The quantitative estimate of drug-likeness (QED) is 0.430. The first-order valence-corrected chi connectivity index (χ1v) is 6.45. The zero-order valence-corrected chi connectivity index (χ0v) is 11.1. The molecule has 2 nitrogen and oxygen atoms in total. The van der Waals surface area contributed by atoms with E-state index in [1.54, 1.807) is 6.92 Å². The van der Waals surface area contributed by atoms with E-state index < -0.39 is 0 Å². The van der Waals surface area contributed by atoms with Crippen LogP contribution in [-0.2, 0) is 9.53 Å². The Morgan fingerprint density at radius 3 is 2.61 bits per heavy atom. The molecular weight excluding hydrogens is 224 g/mol. The summed E-state index contributed by atoms with van der Waals surface area (Å²) in [5.74, 6) is -0.331. The van der Waals surface area contributed by atoms with Crippen molar-refractivity contribution in [3.8, 4) is 0 Å². The molecule has 1 rings (SSSR count). The largest absolute Gasteiger partial charge is 0.462 e. The van der Waals surface area contributed by atoms with Gasteiger partial charge in [-0.1, -0.05) is 43.7 Å². The predicted octanol–water partition coefficient (Wildman–Crippen LogP) is 3.98. The van der Waals surface area contributed by atoms with Crippen LogP contribution in [0.25, 0.3) is 5.57 Å². The summed E-state index contributed by atoms with van der Waals surface area (Å²) in [6.07, 6.45) is 4.53. The van der Waals surface area contributed by atoms with E-state index in [0.717, 1.165) is 30.4 Å². The van der Waals surface area contributed by atoms with Crippen LogP contribution in [-0.4, -0.2) is 12.6 Å². The summed E-state index contributed by atoms with van der Waals surface area (Å²) in [7, 11) is 0. The van der Waals surface area contributed by atoms with Gasteiger partial charge in [-0.25, -0.2) is 4.79 Å². The van der Waals surface area contributed by atoms with E-state index in [9.17, 15) is 4.79 Å². The molecule has 96 valence electrons. The van der Waals surface area contributed by atoms with Crippen LogP contribution in [0.4, 0.5) is 0 Å². The van der Waals surface area contributed by atoms with E-state index >= 15 is 0 Å². The molecule has 2 heteroatoms. The Labute approximate surface area is 109 Å². The van der Waals surface area contributed by atoms with Gasteiger partial charge in [0.25, 0.3) is 0 Å². The Bertz CT molecular complexity index is 426. The molecule has 1 aromatic carbocycles. The number of esters is 1. The molecule has 0 fully saturated rings. The first kappa shape index (κ1) is 14.3. The van der Waals surface area contributed by atoms with E-state index in [2.05, 4.69) is 12.7 Å². The molecular formula is C16H20O2. The molecule has 0 aromatic heterocycles. The number of hydrogen-bond donors (Lipinski definition) is 0. The minimum Gasteiger partial charge on any atom is -0.462 e. The maximum absolute atomic E-state index is 11.3. The Morgan fingerprint density at radius 2 is 2.00 bits per heavy atom. The van der Waals surface area contributed by atoms with Crippen molar-refractivity contribution in [3.05, 3.63) is 47.7 Å². The van der Waals surface area contributed by atoms with Crippen LogP contribution in [0.15, 0.2) is 42.1 Å². The highest BCUT2D eigenvalue weighted by atomic mass is 16.5. The molecule has 0 atom stereocenters. The Kier molecular flexibility index (Phi) is 6.60. The van der Waals surface area contributed by atoms with E-state index in [0.29, 0.717) is 6.61 Å². The molecule has 0 radical (unpaired) electrons. The summed E-state index contributed by atoms with van der Waals surface area (Å²) >= 11 is 0. The minimum absolute atomic E-state index is 0.331. The van der Waals surface area contributed by atoms with Crippen molar-refractivity contribution in [2.24, 2.45) is 0 Å². The van der Waals surface area contributed by atoms with Gasteiger partial charge >= 0.3 is 5.97 Å². The third kappa shape index (κ3) is 5.03. The first-order valence-electron chi connectivity index (χ1n) is 6.45. The highest BCUT2D eigenvalue weighted by Gasteiger charge is 2.00. The molecule has 0 bridgehead atoms. The standard InChI is InChI=1S/C16H20O2/c1-3-5-9-15(12-13-16(17)18-4-2)14-10-7-6-8-11-14/h6-8,10-11,13H,3-5,9H2,1-2H3. The third-order valence-electron chi connectivity index (χ3n) is 2.55. The van der Waals surface area contributed by atoms with E-state index in [1.165, 1.54) is 6.08 Å². The number of unbranched alkanes of at least 4 members (excludes halogenated alkanes) is 1. The van der Waals surface area contributed by atoms with Gasteiger partial charge in [-0.2, -0.15) is 0 Å². The SMILES string of the molecule is CCCCC(=C=CC(=O)OCC)c1ccccc1. The molecule has 0 heterocycles. The molecule has 0 unspecified atom stereocenters. The molecule has 18 heavy (non-hydrogen) atoms. The Balaban J connectivity index is 2.91. The Hall–Kier alpha value is -1.79. The van der Waals surface area contributed by atoms with Gasteiger partial charge in [0.15, 0.2) is 0 Å². The number of carbonyl (C=O) groups is 1. The average molecular weight is 244 g/mol. The Morgan fingerprint density at radius 1 is 1.28 bits per heavy atom. The van der Waals surface area contributed by atoms with Crippen LogP contribution in [0, 0.1) is 0 Å². The molecule has 0 aliphatic carbocycles. The fourth-order valence-corrected chi connectivity index (χ4v) is 1.62.